The van der Waals surface area contributed by atoms with Crippen molar-refractivity contribution in [1.29, 1.82) is 0 Å². The van der Waals surface area contributed by atoms with Crippen LogP contribution in [-0.2, 0) is 4.65 Å². The van der Waals surface area contributed by atoms with E-state index in [1.165, 1.54) is 0 Å². The van der Waals surface area contributed by atoms with Crippen molar-refractivity contribution in [1.82, 2.24) is 4.81 Å². The average Bonchev–Trinajstić information content (AvgIpc) is 2.84. The molecule has 1 aromatic rings. The molecule has 1 aromatic carbocycles. The zero-order chi connectivity index (χ0) is 10.3. The normalized spacial score (nSPS) is 19.9. The molecule has 5 heteroatoms. The van der Waals surface area contributed by atoms with Gasteiger partial charge in [0.05, 0.1) is 0 Å². The summed E-state index contributed by atoms with van der Waals surface area (Å²) in [6, 6.07) is 5.96. The lowest BCUT2D eigenvalue weighted by molar-refractivity contribution is 0.174. The molecule has 1 saturated heterocycles. The van der Waals surface area contributed by atoms with Crippen LogP contribution in [0.15, 0.2) is 18.2 Å². The van der Waals surface area contributed by atoms with Crippen molar-refractivity contribution in [2.24, 2.45) is 0 Å². The molecule has 0 saturated carbocycles. The number of benzene rings is 1. The van der Waals surface area contributed by atoms with Crippen molar-refractivity contribution in [3.8, 4) is 11.5 Å². The number of rotatable bonds is 1. The summed E-state index contributed by atoms with van der Waals surface area (Å²) >= 11 is 0. The van der Waals surface area contributed by atoms with E-state index in [0.717, 1.165) is 30.1 Å². The SMILES string of the molecule is CN1CCOB1c1ccc2c(c1)OCO2. The molecular weight excluding hydrogens is 193 g/mol. The lowest BCUT2D eigenvalue weighted by Gasteiger charge is -2.13. The molecule has 4 nitrogen and oxygen atoms in total. The molecule has 0 bridgehead atoms. The largest absolute Gasteiger partial charge is 0.454 e. The number of likely N-dealkylation sites (N-methyl/N-ethyl adjacent to an activating group) is 1. The predicted molar refractivity (Wildman–Crippen MR) is 56.5 cm³/mol. The van der Waals surface area contributed by atoms with Gasteiger partial charge in [-0.2, -0.15) is 0 Å². The van der Waals surface area contributed by atoms with Crippen LogP contribution in [0.2, 0.25) is 0 Å². The zero-order valence-corrected chi connectivity index (χ0v) is 8.60. The van der Waals surface area contributed by atoms with E-state index in [0.29, 0.717) is 6.79 Å². The van der Waals surface area contributed by atoms with E-state index in [1.807, 2.05) is 18.2 Å². The Morgan fingerprint density at radius 1 is 1.27 bits per heavy atom. The van der Waals surface area contributed by atoms with Crippen molar-refractivity contribution in [3.63, 3.8) is 0 Å². The molecular formula is C10H12BNO3. The van der Waals surface area contributed by atoms with Gasteiger partial charge >= 0.3 is 7.05 Å². The summed E-state index contributed by atoms with van der Waals surface area (Å²) in [4.78, 5) is 2.18. The number of hydrogen-bond acceptors (Lipinski definition) is 4. The molecule has 0 radical (unpaired) electrons. The zero-order valence-electron chi connectivity index (χ0n) is 8.60. The fourth-order valence-electron chi connectivity index (χ4n) is 1.97. The van der Waals surface area contributed by atoms with Crippen molar-refractivity contribution in [2.75, 3.05) is 27.0 Å². The molecule has 78 valence electrons. The first-order valence-electron chi connectivity index (χ1n) is 5.06. The minimum Gasteiger partial charge on any atom is -0.454 e. The quantitative estimate of drug-likeness (QED) is 0.607. The third-order valence-electron chi connectivity index (χ3n) is 2.80. The van der Waals surface area contributed by atoms with Gasteiger partial charge in [-0.15, -0.1) is 0 Å². The fourth-order valence-corrected chi connectivity index (χ4v) is 1.97. The van der Waals surface area contributed by atoms with Crippen molar-refractivity contribution in [3.05, 3.63) is 18.2 Å². The van der Waals surface area contributed by atoms with Crippen LogP contribution in [0.1, 0.15) is 0 Å². The highest BCUT2D eigenvalue weighted by molar-refractivity contribution is 6.65. The molecule has 15 heavy (non-hydrogen) atoms. The monoisotopic (exact) mass is 205 g/mol. The Morgan fingerprint density at radius 3 is 2.93 bits per heavy atom. The molecule has 0 aromatic heterocycles. The molecule has 0 atom stereocenters. The lowest BCUT2D eigenvalue weighted by Crippen LogP contribution is -2.42. The summed E-state index contributed by atoms with van der Waals surface area (Å²) in [6.07, 6.45) is 0. The number of nitrogens with zero attached hydrogens (tertiary/aromatic N) is 1. The van der Waals surface area contributed by atoms with E-state index in [1.54, 1.807) is 0 Å². The smallest absolute Gasteiger partial charge is 0.418 e. The van der Waals surface area contributed by atoms with Crippen molar-refractivity contribution < 1.29 is 14.1 Å². The number of fused-ring (bicyclic) bond motifs is 1. The van der Waals surface area contributed by atoms with Gasteiger partial charge in [-0.3, -0.25) is 0 Å². The van der Waals surface area contributed by atoms with Crippen LogP contribution in [0.5, 0.6) is 11.5 Å². The minimum absolute atomic E-state index is 0.0551. The summed E-state index contributed by atoms with van der Waals surface area (Å²) in [5.41, 5.74) is 1.12. The third kappa shape index (κ3) is 1.48. The highest BCUT2D eigenvalue weighted by Crippen LogP contribution is 2.30. The average molecular weight is 205 g/mol. The van der Waals surface area contributed by atoms with Gasteiger partial charge in [0.2, 0.25) is 6.79 Å². The molecule has 0 amide bonds. The first-order valence-corrected chi connectivity index (χ1v) is 5.06. The van der Waals surface area contributed by atoms with Gasteiger partial charge in [0.1, 0.15) is 0 Å². The van der Waals surface area contributed by atoms with Crippen molar-refractivity contribution >= 4 is 12.5 Å². The van der Waals surface area contributed by atoms with Crippen LogP contribution in [0, 0.1) is 0 Å². The van der Waals surface area contributed by atoms with Crippen LogP contribution in [0.4, 0.5) is 0 Å². The second-order valence-corrected chi connectivity index (χ2v) is 3.82. The fraction of sp³-hybridized carbons (Fsp3) is 0.400. The van der Waals surface area contributed by atoms with Gasteiger partial charge in [-0.25, -0.2) is 0 Å². The van der Waals surface area contributed by atoms with E-state index in [9.17, 15) is 0 Å². The highest BCUT2D eigenvalue weighted by atomic mass is 16.7. The topological polar surface area (TPSA) is 30.9 Å². The molecule has 2 aliphatic heterocycles. The molecule has 0 aliphatic carbocycles. The first-order chi connectivity index (χ1) is 7.34. The second-order valence-electron chi connectivity index (χ2n) is 3.82. The Hall–Kier alpha value is -1.20. The van der Waals surface area contributed by atoms with Gasteiger partial charge in [0.25, 0.3) is 0 Å². The first kappa shape index (κ1) is 9.06. The standard InChI is InChI=1S/C10H12BNO3/c1-12-4-5-15-11(12)8-2-3-9-10(6-8)14-7-13-9/h2-3,6H,4-5,7H2,1H3. The summed E-state index contributed by atoms with van der Waals surface area (Å²) in [5, 5.41) is 0. The Morgan fingerprint density at radius 2 is 2.13 bits per heavy atom. The van der Waals surface area contributed by atoms with E-state index < -0.39 is 0 Å². The summed E-state index contributed by atoms with van der Waals surface area (Å²) in [5.74, 6) is 1.64. The van der Waals surface area contributed by atoms with Gasteiger partial charge in [0, 0.05) is 13.2 Å². The number of ether oxygens (including phenoxy) is 2. The predicted octanol–water partition coefficient (Wildman–Crippen LogP) is 0.0725. The lowest BCUT2D eigenvalue weighted by atomic mass is 9.72. The molecule has 0 unspecified atom stereocenters. The maximum atomic E-state index is 5.64. The molecule has 1 fully saturated rings. The Bertz CT molecular complexity index is 385. The third-order valence-corrected chi connectivity index (χ3v) is 2.80. The van der Waals surface area contributed by atoms with Gasteiger partial charge in [0.15, 0.2) is 11.5 Å². The maximum Gasteiger partial charge on any atom is 0.418 e. The van der Waals surface area contributed by atoms with Gasteiger partial charge in [-0.1, -0.05) is 6.07 Å². The summed E-state index contributed by atoms with van der Waals surface area (Å²) in [7, 11) is 2.11. The highest BCUT2D eigenvalue weighted by Gasteiger charge is 2.31. The van der Waals surface area contributed by atoms with E-state index in [-0.39, 0.29) is 7.05 Å². The molecule has 0 N–H and O–H groups in total. The van der Waals surface area contributed by atoms with E-state index >= 15 is 0 Å². The number of hydrogen-bond donors (Lipinski definition) is 0. The van der Waals surface area contributed by atoms with Crippen LogP contribution >= 0.6 is 0 Å². The molecule has 2 heterocycles. The van der Waals surface area contributed by atoms with Crippen LogP contribution in [0.25, 0.3) is 0 Å². The Labute approximate surface area is 88.9 Å². The summed E-state index contributed by atoms with van der Waals surface area (Å²) in [6.45, 7) is 2.08. The van der Waals surface area contributed by atoms with Gasteiger partial charge in [-0.05, 0) is 24.6 Å². The van der Waals surface area contributed by atoms with E-state index in [4.69, 9.17) is 14.1 Å². The van der Waals surface area contributed by atoms with Crippen molar-refractivity contribution in [2.45, 2.75) is 0 Å². The summed E-state index contributed by atoms with van der Waals surface area (Å²) < 4.78 is 16.2. The van der Waals surface area contributed by atoms with Crippen LogP contribution in [0.3, 0.4) is 0 Å². The maximum absolute atomic E-state index is 5.64. The van der Waals surface area contributed by atoms with Gasteiger partial charge < -0.3 is 18.9 Å². The van der Waals surface area contributed by atoms with Crippen LogP contribution in [-0.4, -0.2) is 38.9 Å². The van der Waals surface area contributed by atoms with Crippen LogP contribution < -0.4 is 14.9 Å². The molecule has 2 aliphatic rings. The molecule has 0 spiro atoms. The molecule has 3 rings (SSSR count). The second kappa shape index (κ2) is 3.43. The minimum atomic E-state index is 0.0551. The van der Waals surface area contributed by atoms with E-state index in [2.05, 4.69) is 11.9 Å². The Kier molecular flexibility index (Phi) is 2.07. The Balaban J connectivity index is 1.92.